The summed E-state index contributed by atoms with van der Waals surface area (Å²) in [6.07, 6.45) is 0. The molecule has 10 heteroatoms. The zero-order chi connectivity index (χ0) is 22.1. The predicted molar refractivity (Wildman–Crippen MR) is 108 cm³/mol. The Labute approximate surface area is 174 Å². The Balaban J connectivity index is 0.000000469. The Hall–Kier alpha value is -2.82. The third-order valence-electron chi connectivity index (χ3n) is 4.45. The van der Waals surface area contributed by atoms with Crippen LogP contribution in [-0.2, 0) is 31.9 Å². The zero-order valence-electron chi connectivity index (χ0n) is 16.1. The maximum absolute atomic E-state index is 13.7. The molecule has 0 spiro atoms. The number of hydrogen-bond donors (Lipinski definition) is 2. The highest BCUT2D eigenvalue weighted by Crippen LogP contribution is 2.16. The van der Waals surface area contributed by atoms with Crippen LogP contribution in [0.3, 0.4) is 0 Å². The van der Waals surface area contributed by atoms with Gasteiger partial charge in [0.05, 0.1) is 5.75 Å². The first kappa shape index (κ1) is 23.5. The van der Waals surface area contributed by atoms with Gasteiger partial charge < -0.3 is 10.2 Å². The minimum atomic E-state index is -3.31. The second kappa shape index (κ2) is 10.8. The average Bonchev–Trinajstić information content (AvgIpc) is 2.71. The molecule has 2 aromatic carbocycles. The summed E-state index contributed by atoms with van der Waals surface area (Å²) >= 11 is 0. The quantitative estimate of drug-likeness (QED) is 0.682. The third kappa shape index (κ3) is 7.21. The lowest BCUT2D eigenvalue weighted by Gasteiger charge is -2.34. The van der Waals surface area contributed by atoms with Crippen LogP contribution < -0.4 is 0 Å². The first-order chi connectivity index (χ1) is 14.2. The van der Waals surface area contributed by atoms with Crippen LogP contribution in [0.1, 0.15) is 11.1 Å². The maximum atomic E-state index is 13.7. The number of rotatable bonds is 5. The largest absolute Gasteiger partial charge is 0.473 e. The molecule has 0 atom stereocenters. The van der Waals surface area contributed by atoms with Gasteiger partial charge in [-0.05, 0) is 11.6 Å². The summed E-state index contributed by atoms with van der Waals surface area (Å²) in [5.41, 5.74) is 1.45. The van der Waals surface area contributed by atoms with Crippen molar-refractivity contribution in [3.05, 3.63) is 71.5 Å². The van der Waals surface area contributed by atoms with Crippen molar-refractivity contribution in [1.29, 1.82) is 0 Å². The molecule has 1 aliphatic heterocycles. The molecular weight excluding hydrogens is 415 g/mol. The molecular formula is C20H23FN2O6S. The van der Waals surface area contributed by atoms with Gasteiger partial charge in [0, 0.05) is 38.3 Å². The van der Waals surface area contributed by atoms with Crippen molar-refractivity contribution in [2.24, 2.45) is 0 Å². The minimum absolute atomic E-state index is 0.0289. The van der Waals surface area contributed by atoms with E-state index in [4.69, 9.17) is 19.8 Å². The zero-order valence-corrected chi connectivity index (χ0v) is 17.0. The van der Waals surface area contributed by atoms with Crippen molar-refractivity contribution in [2.75, 3.05) is 26.2 Å². The number of nitrogens with zero attached hydrogens (tertiary/aromatic N) is 2. The average molecular weight is 438 g/mol. The van der Waals surface area contributed by atoms with Crippen LogP contribution in [0.4, 0.5) is 4.39 Å². The summed E-state index contributed by atoms with van der Waals surface area (Å²) in [5, 5.41) is 14.8. The molecule has 1 heterocycles. The molecule has 3 rings (SSSR count). The number of aliphatic carboxylic acids is 2. The molecule has 2 N–H and O–H groups in total. The van der Waals surface area contributed by atoms with Gasteiger partial charge in [-0.2, -0.15) is 4.31 Å². The molecule has 30 heavy (non-hydrogen) atoms. The van der Waals surface area contributed by atoms with Crippen LogP contribution >= 0.6 is 0 Å². The lowest BCUT2D eigenvalue weighted by molar-refractivity contribution is -0.159. The van der Waals surface area contributed by atoms with Crippen LogP contribution in [0.5, 0.6) is 0 Å². The van der Waals surface area contributed by atoms with Crippen LogP contribution in [0.25, 0.3) is 0 Å². The second-order valence-corrected chi connectivity index (χ2v) is 8.59. The van der Waals surface area contributed by atoms with Crippen molar-refractivity contribution in [3.63, 3.8) is 0 Å². The van der Waals surface area contributed by atoms with E-state index in [9.17, 15) is 12.8 Å². The van der Waals surface area contributed by atoms with Crippen LogP contribution in [0.15, 0.2) is 54.6 Å². The SMILES string of the molecule is O=C(O)C(=O)O.O=S(=O)(Cc1ccccc1)N1CCN(Cc2ccccc2F)CC1. The molecule has 162 valence electrons. The van der Waals surface area contributed by atoms with Gasteiger partial charge in [-0.3, -0.25) is 4.90 Å². The fraction of sp³-hybridized carbons (Fsp3) is 0.300. The van der Waals surface area contributed by atoms with Crippen LogP contribution in [0, 0.1) is 5.82 Å². The molecule has 0 amide bonds. The number of carboxylic acids is 2. The Kier molecular flexibility index (Phi) is 8.46. The molecule has 0 saturated carbocycles. The van der Waals surface area contributed by atoms with Crippen LogP contribution in [0.2, 0.25) is 0 Å². The summed E-state index contributed by atoms with van der Waals surface area (Å²) in [6, 6.07) is 15.9. The van der Waals surface area contributed by atoms with E-state index in [-0.39, 0.29) is 11.6 Å². The summed E-state index contributed by atoms with van der Waals surface area (Å²) < 4.78 is 40.3. The molecule has 0 bridgehead atoms. The van der Waals surface area contributed by atoms with E-state index in [2.05, 4.69) is 4.90 Å². The van der Waals surface area contributed by atoms with E-state index in [0.717, 1.165) is 5.56 Å². The molecule has 0 radical (unpaired) electrons. The normalized spacial score (nSPS) is 15.1. The summed E-state index contributed by atoms with van der Waals surface area (Å²) in [4.78, 5) is 20.3. The summed E-state index contributed by atoms with van der Waals surface area (Å²) in [5.74, 6) is -3.83. The van der Waals surface area contributed by atoms with Gasteiger partial charge in [0.1, 0.15) is 5.82 Å². The lowest BCUT2D eigenvalue weighted by Crippen LogP contribution is -2.48. The fourth-order valence-electron chi connectivity index (χ4n) is 2.91. The van der Waals surface area contributed by atoms with Gasteiger partial charge >= 0.3 is 11.9 Å². The first-order valence-electron chi connectivity index (χ1n) is 9.13. The first-order valence-corrected chi connectivity index (χ1v) is 10.7. The maximum Gasteiger partial charge on any atom is 0.414 e. The van der Waals surface area contributed by atoms with Crippen molar-refractivity contribution < 1.29 is 32.6 Å². The molecule has 8 nitrogen and oxygen atoms in total. The second-order valence-electron chi connectivity index (χ2n) is 6.62. The molecule has 0 aromatic heterocycles. The highest BCUT2D eigenvalue weighted by Gasteiger charge is 2.27. The minimum Gasteiger partial charge on any atom is -0.473 e. The number of carbonyl (C=O) groups is 2. The van der Waals surface area contributed by atoms with Gasteiger partial charge in [-0.25, -0.2) is 22.4 Å². The van der Waals surface area contributed by atoms with Crippen molar-refractivity contribution >= 4 is 22.0 Å². The standard InChI is InChI=1S/C18H21FN2O2S.C2H2O4/c19-18-9-5-4-8-17(18)14-20-10-12-21(13-11-20)24(22,23)15-16-6-2-1-3-7-16;3-1(4)2(5)6/h1-9H,10-15H2;(H,3,4)(H,5,6). The predicted octanol–water partition coefficient (Wildman–Crippen LogP) is 1.63. The van der Waals surface area contributed by atoms with E-state index < -0.39 is 22.0 Å². The van der Waals surface area contributed by atoms with Crippen molar-refractivity contribution in [3.8, 4) is 0 Å². The summed E-state index contributed by atoms with van der Waals surface area (Å²) in [7, 11) is -3.31. The number of carboxylic acid groups (broad SMARTS) is 2. The van der Waals surface area contributed by atoms with Gasteiger partial charge in [0.15, 0.2) is 0 Å². The van der Waals surface area contributed by atoms with E-state index in [1.54, 1.807) is 12.1 Å². The summed E-state index contributed by atoms with van der Waals surface area (Å²) in [6.45, 7) is 2.64. The Morgan fingerprint density at radius 2 is 1.40 bits per heavy atom. The Morgan fingerprint density at radius 1 is 0.867 bits per heavy atom. The smallest absolute Gasteiger partial charge is 0.414 e. The molecule has 0 aliphatic carbocycles. The van der Waals surface area contributed by atoms with Gasteiger partial charge in [-0.15, -0.1) is 0 Å². The van der Waals surface area contributed by atoms with E-state index in [1.165, 1.54) is 10.4 Å². The number of piperazine rings is 1. The number of halogens is 1. The number of benzene rings is 2. The van der Waals surface area contributed by atoms with E-state index in [1.807, 2.05) is 36.4 Å². The molecule has 1 saturated heterocycles. The number of hydrogen-bond acceptors (Lipinski definition) is 5. The Morgan fingerprint density at radius 3 is 1.93 bits per heavy atom. The topological polar surface area (TPSA) is 115 Å². The molecule has 2 aromatic rings. The van der Waals surface area contributed by atoms with E-state index >= 15 is 0 Å². The van der Waals surface area contributed by atoms with Gasteiger partial charge in [-0.1, -0.05) is 48.5 Å². The highest BCUT2D eigenvalue weighted by atomic mass is 32.2. The van der Waals surface area contributed by atoms with Gasteiger partial charge in [0.2, 0.25) is 10.0 Å². The van der Waals surface area contributed by atoms with E-state index in [0.29, 0.717) is 38.3 Å². The Bertz CT molecular complexity index is 948. The van der Waals surface area contributed by atoms with Crippen molar-refractivity contribution in [1.82, 2.24) is 9.21 Å². The molecule has 1 aliphatic rings. The fourth-order valence-corrected chi connectivity index (χ4v) is 4.43. The monoisotopic (exact) mass is 438 g/mol. The lowest BCUT2D eigenvalue weighted by atomic mass is 10.2. The third-order valence-corrected chi connectivity index (χ3v) is 6.30. The van der Waals surface area contributed by atoms with Crippen molar-refractivity contribution in [2.45, 2.75) is 12.3 Å². The molecule has 0 unspecified atom stereocenters. The number of sulfonamides is 1. The van der Waals surface area contributed by atoms with Gasteiger partial charge in [0.25, 0.3) is 0 Å². The molecule has 1 fully saturated rings. The highest BCUT2D eigenvalue weighted by molar-refractivity contribution is 7.88. The van der Waals surface area contributed by atoms with Crippen LogP contribution in [-0.4, -0.2) is 66.0 Å².